The number of rotatable bonds is 0. The van der Waals surface area contributed by atoms with Crippen LogP contribution in [0.3, 0.4) is 0 Å². The summed E-state index contributed by atoms with van der Waals surface area (Å²) in [5, 5.41) is 2.52. The summed E-state index contributed by atoms with van der Waals surface area (Å²) in [5.74, 6) is 0. The molecule has 0 radical (unpaired) electrons. The topological polar surface area (TPSA) is 15.6 Å². The van der Waals surface area contributed by atoms with Crippen molar-refractivity contribution in [3.05, 3.63) is 64.5 Å². The molecule has 2 heterocycles. The van der Waals surface area contributed by atoms with Crippen LogP contribution in [-0.2, 0) is 0 Å². The first-order chi connectivity index (χ1) is 8.93. The number of aliphatic imine (C=N–C) groups is 1. The van der Waals surface area contributed by atoms with Crippen molar-refractivity contribution in [2.24, 2.45) is 4.99 Å². The molecule has 0 aliphatic carbocycles. The first kappa shape index (κ1) is 9.66. The van der Waals surface area contributed by atoms with Crippen LogP contribution >= 0.6 is 0 Å². The molecule has 2 heteroatoms. The number of hydrogen-bond acceptors (Lipinski definition) is 2. The molecule has 0 saturated heterocycles. The zero-order valence-electron chi connectivity index (χ0n) is 9.88. The van der Waals surface area contributed by atoms with Gasteiger partial charge in [-0.05, 0) is 22.9 Å². The Hall–Kier alpha value is -2.35. The van der Waals surface area contributed by atoms with E-state index in [1.807, 2.05) is 6.21 Å². The Balaban J connectivity index is 2.19. The molecule has 18 heavy (non-hydrogen) atoms. The normalized spacial score (nSPS) is 15.6. The molecule has 0 saturated carbocycles. The summed E-state index contributed by atoms with van der Waals surface area (Å²) >= 11 is 0. The van der Waals surface area contributed by atoms with Gasteiger partial charge in [-0.25, -0.2) is 0 Å². The highest BCUT2D eigenvalue weighted by molar-refractivity contribution is 6.10. The molecule has 0 bridgehead atoms. The minimum Gasteiger partial charge on any atom is -0.319 e. The van der Waals surface area contributed by atoms with Gasteiger partial charge in [-0.15, -0.1) is 0 Å². The van der Waals surface area contributed by atoms with Crippen molar-refractivity contribution in [2.45, 2.75) is 0 Å². The predicted molar refractivity (Wildman–Crippen MR) is 74.9 cm³/mol. The first-order valence-electron chi connectivity index (χ1n) is 6.11. The number of nitrogens with zero attached hydrogens (tertiary/aromatic N) is 2. The number of fused-ring (bicyclic) bond motifs is 4. The van der Waals surface area contributed by atoms with Crippen molar-refractivity contribution in [2.75, 3.05) is 11.6 Å². The summed E-state index contributed by atoms with van der Waals surface area (Å²) in [5.41, 5.74) is 3.69. The molecule has 2 aromatic carbocycles. The lowest BCUT2D eigenvalue weighted by molar-refractivity contribution is 1.04. The highest BCUT2D eigenvalue weighted by Gasteiger charge is 2.19. The van der Waals surface area contributed by atoms with E-state index in [2.05, 4.69) is 64.5 Å². The molecule has 0 aromatic heterocycles. The average molecular weight is 232 g/mol. The van der Waals surface area contributed by atoms with Crippen LogP contribution in [0.1, 0.15) is 5.56 Å². The number of anilines is 1. The van der Waals surface area contributed by atoms with Gasteiger partial charge in [0.1, 0.15) is 6.67 Å². The van der Waals surface area contributed by atoms with E-state index in [1.165, 1.54) is 27.4 Å². The van der Waals surface area contributed by atoms with Crippen molar-refractivity contribution in [1.29, 1.82) is 0 Å². The molecule has 0 spiro atoms. The summed E-state index contributed by atoms with van der Waals surface area (Å²) in [6, 6.07) is 17.0. The minimum atomic E-state index is 0.717. The molecular weight excluding hydrogens is 220 g/mol. The molecule has 86 valence electrons. The van der Waals surface area contributed by atoms with Crippen molar-refractivity contribution < 1.29 is 0 Å². The Morgan fingerprint density at radius 2 is 1.78 bits per heavy atom. The molecule has 2 nitrogen and oxygen atoms in total. The number of para-hydroxylation sites is 1. The Morgan fingerprint density at radius 1 is 0.944 bits per heavy atom. The zero-order valence-corrected chi connectivity index (χ0v) is 9.88. The lowest BCUT2D eigenvalue weighted by Crippen LogP contribution is -2.31. The number of hydrogen-bond donors (Lipinski definition) is 0. The van der Waals surface area contributed by atoms with E-state index in [0.29, 0.717) is 6.67 Å². The van der Waals surface area contributed by atoms with E-state index in [1.54, 1.807) is 0 Å². The lowest BCUT2D eigenvalue weighted by atomic mass is 10.1. The average Bonchev–Trinajstić information content (AvgIpc) is 2.84. The van der Waals surface area contributed by atoms with E-state index in [-0.39, 0.29) is 0 Å². The van der Waals surface area contributed by atoms with Gasteiger partial charge < -0.3 is 4.90 Å². The third kappa shape index (κ3) is 1.26. The van der Waals surface area contributed by atoms with Gasteiger partial charge in [-0.1, -0.05) is 42.5 Å². The highest BCUT2D eigenvalue weighted by Crippen LogP contribution is 2.27. The van der Waals surface area contributed by atoms with Gasteiger partial charge in [-0.3, -0.25) is 4.99 Å². The number of benzene rings is 2. The Labute approximate surface area is 105 Å². The zero-order chi connectivity index (χ0) is 11.9. The van der Waals surface area contributed by atoms with Crippen LogP contribution in [0.2, 0.25) is 0 Å². The minimum absolute atomic E-state index is 0.717. The Morgan fingerprint density at radius 3 is 2.78 bits per heavy atom. The third-order valence-corrected chi connectivity index (χ3v) is 3.50. The maximum atomic E-state index is 4.42. The molecule has 0 N–H and O–H groups in total. The van der Waals surface area contributed by atoms with Crippen LogP contribution in [0.5, 0.6) is 0 Å². The Kier molecular flexibility index (Phi) is 1.92. The lowest BCUT2D eigenvalue weighted by Gasteiger charge is -2.19. The van der Waals surface area contributed by atoms with Gasteiger partial charge in [0.15, 0.2) is 0 Å². The maximum absolute atomic E-state index is 4.42. The monoisotopic (exact) mass is 232 g/mol. The molecule has 2 aliphatic rings. The van der Waals surface area contributed by atoms with E-state index < -0.39 is 0 Å². The largest absolute Gasteiger partial charge is 0.319 e. The fraction of sp³-hybridized carbons (Fsp3) is 0.0625. The van der Waals surface area contributed by atoms with Crippen molar-refractivity contribution in [3.8, 4) is 0 Å². The van der Waals surface area contributed by atoms with Crippen LogP contribution in [0.15, 0.2) is 53.5 Å². The van der Waals surface area contributed by atoms with Crippen LogP contribution < -0.4 is 15.3 Å². The van der Waals surface area contributed by atoms with E-state index >= 15 is 0 Å². The predicted octanol–water partition coefficient (Wildman–Crippen LogP) is 1.49. The summed E-state index contributed by atoms with van der Waals surface area (Å²) < 4.78 is 0. The quantitative estimate of drug-likeness (QED) is 0.672. The van der Waals surface area contributed by atoms with Gasteiger partial charge >= 0.3 is 0 Å². The maximum Gasteiger partial charge on any atom is 0.115 e. The van der Waals surface area contributed by atoms with Gasteiger partial charge in [0.05, 0.1) is 11.4 Å². The van der Waals surface area contributed by atoms with Crippen molar-refractivity contribution in [1.82, 2.24) is 0 Å². The van der Waals surface area contributed by atoms with Crippen LogP contribution in [-0.4, -0.2) is 12.9 Å². The molecule has 0 atom stereocenters. The van der Waals surface area contributed by atoms with Gasteiger partial charge in [0.2, 0.25) is 0 Å². The fourth-order valence-corrected chi connectivity index (χ4v) is 2.65. The third-order valence-electron chi connectivity index (χ3n) is 3.50. The Bertz CT molecular complexity index is 772. The van der Waals surface area contributed by atoms with E-state index in [0.717, 1.165) is 0 Å². The summed E-state index contributed by atoms with van der Waals surface area (Å²) in [6.45, 7) is 0.717. The molecule has 0 amide bonds. The molecule has 0 fully saturated rings. The van der Waals surface area contributed by atoms with Crippen LogP contribution in [0.4, 0.5) is 5.69 Å². The van der Waals surface area contributed by atoms with Gasteiger partial charge in [0, 0.05) is 11.4 Å². The molecule has 2 aliphatic heterocycles. The molecular formula is C16H12N2. The van der Waals surface area contributed by atoms with Crippen molar-refractivity contribution >= 4 is 23.7 Å². The highest BCUT2D eigenvalue weighted by atomic mass is 15.2. The van der Waals surface area contributed by atoms with Crippen LogP contribution in [0.25, 0.3) is 11.8 Å². The summed E-state index contributed by atoms with van der Waals surface area (Å²) in [6.07, 6.45) is 4.23. The molecule has 0 unspecified atom stereocenters. The SMILES string of the molecule is C1=NCN2C1=c1ccccc1=Cc1ccccc12. The van der Waals surface area contributed by atoms with E-state index in [9.17, 15) is 0 Å². The van der Waals surface area contributed by atoms with Crippen molar-refractivity contribution in [3.63, 3.8) is 0 Å². The fourth-order valence-electron chi connectivity index (χ4n) is 2.65. The van der Waals surface area contributed by atoms with E-state index in [4.69, 9.17) is 0 Å². The standard InChI is InChI=1S/C16H12N2/c1-3-7-14-12(5-1)9-13-6-2-4-8-15(13)18-11-17-10-16(14)18/h1-10H,11H2. The second kappa shape index (κ2) is 3.57. The first-order valence-corrected chi connectivity index (χ1v) is 6.11. The summed E-state index contributed by atoms with van der Waals surface area (Å²) in [7, 11) is 0. The summed E-state index contributed by atoms with van der Waals surface area (Å²) in [4.78, 5) is 6.69. The second-order valence-corrected chi connectivity index (χ2v) is 4.56. The molecule has 2 aromatic rings. The smallest absolute Gasteiger partial charge is 0.115 e. The van der Waals surface area contributed by atoms with Gasteiger partial charge in [0.25, 0.3) is 0 Å². The second-order valence-electron chi connectivity index (χ2n) is 4.56. The van der Waals surface area contributed by atoms with Crippen LogP contribution in [0, 0.1) is 0 Å². The molecule has 4 rings (SSSR count). The van der Waals surface area contributed by atoms with Gasteiger partial charge in [-0.2, -0.15) is 0 Å².